The molecule has 2 rings (SSSR count). The average Bonchev–Trinajstić information content (AvgIpc) is 2.52. The van der Waals surface area contributed by atoms with Gasteiger partial charge in [0.25, 0.3) is 0 Å². The first-order chi connectivity index (χ1) is 10.6. The second-order valence-electron chi connectivity index (χ2n) is 4.57. The molecular formula is C17H15BrFNO2. The Bertz CT molecular complexity index is 701. The van der Waals surface area contributed by atoms with E-state index >= 15 is 0 Å². The number of nitrogens with one attached hydrogen (secondary N) is 1. The Hall–Kier alpha value is -2.14. The molecule has 1 N–H and O–H groups in total. The van der Waals surface area contributed by atoms with Crippen LogP contribution in [0.1, 0.15) is 11.1 Å². The van der Waals surface area contributed by atoms with E-state index in [1.807, 2.05) is 24.3 Å². The van der Waals surface area contributed by atoms with Gasteiger partial charge in [0.15, 0.2) is 0 Å². The minimum Gasteiger partial charge on any atom is -0.466 e. The fourth-order valence-corrected chi connectivity index (χ4v) is 2.18. The van der Waals surface area contributed by atoms with Crippen LogP contribution in [-0.2, 0) is 16.1 Å². The normalized spacial score (nSPS) is 10.7. The molecule has 0 spiro atoms. The molecule has 114 valence electrons. The zero-order chi connectivity index (χ0) is 15.9. The largest absolute Gasteiger partial charge is 0.466 e. The standard InChI is InChI=1S/C17H15BrFNO2/c1-22-17(21)8-5-12-3-2-4-15(9-12)20-11-13-6-7-14(18)10-16(13)19/h2-10,20H,11H2,1H3/b8-5+. The van der Waals surface area contributed by atoms with Crippen molar-refractivity contribution in [3.63, 3.8) is 0 Å². The van der Waals surface area contributed by atoms with E-state index in [1.54, 1.807) is 18.2 Å². The molecular weight excluding hydrogens is 349 g/mol. The van der Waals surface area contributed by atoms with Crippen molar-refractivity contribution in [1.82, 2.24) is 0 Å². The molecule has 2 aromatic rings. The minimum absolute atomic E-state index is 0.261. The summed E-state index contributed by atoms with van der Waals surface area (Å²) in [6.45, 7) is 0.378. The molecule has 3 nitrogen and oxygen atoms in total. The van der Waals surface area contributed by atoms with Crippen molar-refractivity contribution in [2.45, 2.75) is 6.54 Å². The predicted molar refractivity (Wildman–Crippen MR) is 88.9 cm³/mol. The molecule has 0 aliphatic carbocycles. The van der Waals surface area contributed by atoms with Gasteiger partial charge in [0.05, 0.1) is 7.11 Å². The fourth-order valence-electron chi connectivity index (χ4n) is 1.85. The number of benzene rings is 2. The molecule has 0 fully saturated rings. The summed E-state index contributed by atoms with van der Waals surface area (Å²) in [5, 5.41) is 3.16. The van der Waals surface area contributed by atoms with Crippen LogP contribution in [0.3, 0.4) is 0 Å². The highest BCUT2D eigenvalue weighted by atomic mass is 79.9. The van der Waals surface area contributed by atoms with E-state index in [1.165, 1.54) is 19.3 Å². The minimum atomic E-state index is -0.407. The van der Waals surface area contributed by atoms with Crippen molar-refractivity contribution >= 4 is 33.7 Å². The zero-order valence-electron chi connectivity index (χ0n) is 12.0. The highest BCUT2D eigenvalue weighted by Gasteiger charge is 2.03. The quantitative estimate of drug-likeness (QED) is 0.632. The Morgan fingerprint density at radius 1 is 1.32 bits per heavy atom. The van der Waals surface area contributed by atoms with Crippen LogP contribution < -0.4 is 5.32 Å². The van der Waals surface area contributed by atoms with Crippen molar-refractivity contribution in [2.24, 2.45) is 0 Å². The molecule has 0 aliphatic rings. The van der Waals surface area contributed by atoms with Crippen molar-refractivity contribution in [3.05, 3.63) is 70.0 Å². The van der Waals surface area contributed by atoms with E-state index in [4.69, 9.17) is 0 Å². The third-order valence-electron chi connectivity index (χ3n) is 3.00. The maximum Gasteiger partial charge on any atom is 0.330 e. The first kappa shape index (κ1) is 16.2. The van der Waals surface area contributed by atoms with E-state index in [0.717, 1.165) is 11.3 Å². The Balaban J connectivity index is 2.04. The summed E-state index contributed by atoms with van der Waals surface area (Å²) in [6, 6.07) is 12.4. The Labute approximate surface area is 136 Å². The van der Waals surface area contributed by atoms with Crippen molar-refractivity contribution in [1.29, 1.82) is 0 Å². The van der Waals surface area contributed by atoms with Crippen molar-refractivity contribution < 1.29 is 13.9 Å². The highest BCUT2D eigenvalue weighted by molar-refractivity contribution is 9.10. The molecule has 0 saturated carbocycles. The van der Waals surface area contributed by atoms with Gasteiger partial charge in [-0.05, 0) is 35.9 Å². The van der Waals surface area contributed by atoms with Gasteiger partial charge in [-0.3, -0.25) is 0 Å². The molecule has 0 radical (unpaired) electrons. The van der Waals surface area contributed by atoms with E-state index in [2.05, 4.69) is 26.0 Å². The number of methoxy groups -OCH3 is 1. The molecule has 0 atom stereocenters. The smallest absolute Gasteiger partial charge is 0.330 e. The van der Waals surface area contributed by atoms with Gasteiger partial charge in [-0.2, -0.15) is 0 Å². The molecule has 0 bridgehead atoms. The van der Waals surface area contributed by atoms with Crippen molar-refractivity contribution in [3.8, 4) is 0 Å². The number of halogens is 2. The number of carbonyl (C=O) groups is 1. The van der Waals surface area contributed by atoms with Gasteiger partial charge in [0.2, 0.25) is 0 Å². The molecule has 0 aromatic heterocycles. The van der Waals surface area contributed by atoms with Gasteiger partial charge in [0, 0.05) is 28.3 Å². The first-order valence-electron chi connectivity index (χ1n) is 6.62. The lowest BCUT2D eigenvalue weighted by Gasteiger charge is -2.08. The van der Waals surface area contributed by atoms with Crippen LogP contribution in [0.4, 0.5) is 10.1 Å². The number of anilines is 1. The molecule has 5 heteroatoms. The van der Waals surface area contributed by atoms with Gasteiger partial charge in [-0.25, -0.2) is 9.18 Å². The summed E-state index contributed by atoms with van der Waals surface area (Å²) >= 11 is 3.23. The second-order valence-corrected chi connectivity index (χ2v) is 5.49. The van der Waals surface area contributed by atoms with Crippen LogP contribution in [0.2, 0.25) is 0 Å². The molecule has 0 amide bonds. The first-order valence-corrected chi connectivity index (χ1v) is 7.41. The Kier molecular flexibility index (Phi) is 5.72. The molecule has 22 heavy (non-hydrogen) atoms. The van der Waals surface area contributed by atoms with Crippen LogP contribution in [0, 0.1) is 5.82 Å². The monoisotopic (exact) mass is 363 g/mol. The van der Waals surface area contributed by atoms with E-state index in [0.29, 0.717) is 16.6 Å². The van der Waals surface area contributed by atoms with E-state index in [9.17, 15) is 9.18 Å². The topological polar surface area (TPSA) is 38.3 Å². The predicted octanol–water partition coefficient (Wildman–Crippen LogP) is 4.39. The summed E-state index contributed by atoms with van der Waals surface area (Å²) in [6.07, 6.45) is 3.02. The molecule has 0 saturated heterocycles. The van der Waals surface area contributed by atoms with Crippen LogP contribution in [0.5, 0.6) is 0 Å². The van der Waals surface area contributed by atoms with Crippen LogP contribution in [0.15, 0.2) is 53.0 Å². The van der Waals surface area contributed by atoms with Gasteiger partial charge in [0.1, 0.15) is 5.82 Å². The summed E-state index contributed by atoms with van der Waals surface area (Å²) < 4.78 is 19.0. The number of esters is 1. The number of ether oxygens (including phenoxy) is 1. The van der Waals surface area contributed by atoms with E-state index in [-0.39, 0.29) is 5.82 Å². The number of hydrogen-bond acceptors (Lipinski definition) is 3. The molecule has 0 heterocycles. The molecule has 0 aliphatic heterocycles. The third kappa shape index (κ3) is 4.70. The third-order valence-corrected chi connectivity index (χ3v) is 3.49. The highest BCUT2D eigenvalue weighted by Crippen LogP contribution is 2.18. The Morgan fingerprint density at radius 2 is 2.14 bits per heavy atom. The molecule has 0 unspecified atom stereocenters. The lowest BCUT2D eigenvalue weighted by Crippen LogP contribution is -2.01. The summed E-state index contributed by atoms with van der Waals surface area (Å²) in [5.74, 6) is -0.668. The fraction of sp³-hybridized carbons (Fsp3) is 0.118. The summed E-state index contributed by atoms with van der Waals surface area (Å²) in [4.78, 5) is 11.1. The zero-order valence-corrected chi connectivity index (χ0v) is 13.6. The van der Waals surface area contributed by atoms with Gasteiger partial charge >= 0.3 is 5.97 Å². The molecule has 2 aromatic carbocycles. The van der Waals surface area contributed by atoms with Crippen LogP contribution in [-0.4, -0.2) is 13.1 Å². The average molecular weight is 364 g/mol. The van der Waals surface area contributed by atoms with E-state index < -0.39 is 5.97 Å². The maximum atomic E-state index is 13.7. The number of rotatable bonds is 5. The van der Waals surface area contributed by atoms with Gasteiger partial charge in [-0.1, -0.05) is 34.1 Å². The number of carbonyl (C=O) groups excluding carboxylic acids is 1. The SMILES string of the molecule is COC(=O)/C=C/c1cccc(NCc2ccc(Br)cc2F)c1. The lowest BCUT2D eigenvalue weighted by atomic mass is 10.1. The van der Waals surface area contributed by atoms with Gasteiger partial charge in [-0.15, -0.1) is 0 Å². The second kappa shape index (κ2) is 7.75. The van der Waals surface area contributed by atoms with Crippen molar-refractivity contribution in [2.75, 3.05) is 12.4 Å². The lowest BCUT2D eigenvalue weighted by molar-refractivity contribution is -0.134. The van der Waals surface area contributed by atoms with Crippen LogP contribution in [0.25, 0.3) is 6.08 Å². The summed E-state index contributed by atoms with van der Waals surface area (Å²) in [5.41, 5.74) is 2.28. The summed E-state index contributed by atoms with van der Waals surface area (Å²) in [7, 11) is 1.33. The maximum absolute atomic E-state index is 13.7. The van der Waals surface area contributed by atoms with Crippen LogP contribution >= 0.6 is 15.9 Å². The number of hydrogen-bond donors (Lipinski definition) is 1. The Morgan fingerprint density at radius 3 is 2.86 bits per heavy atom. The van der Waals surface area contributed by atoms with Gasteiger partial charge < -0.3 is 10.1 Å².